The van der Waals surface area contributed by atoms with Gasteiger partial charge in [-0.3, -0.25) is 9.88 Å². The number of amides is 2. The van der Waals surface area contributed by atoms with Gasteiger partial charge in [-0.15, -0.1) is 0 Å². The van der Waals surface area contributed by atoms with Crippen molar-refractivity contribution in [3.05, 3.63) is 83.7 Å². The molecule has 1 saturated heterocycles. The van der Waals surface area contributed by atoms with Crippen LogP contribution >= 0.6 is 0 Å². The summed E-state index contributed by atoms with van der Waals surface area (Å²) in [5.74, 6) is -0.565. The molecule has 5 rings (SSSR count). The Labute approximate surface area is 221 Å². The number of carbonyl (C=O) groups is 1. The van der Waals surface area contributed by atoms with E-state index in [4.69, 9.17) is 9.47 Å². The van der Waals surface area contributed by atoms with E-state index in [1.54, 1.807) is 20.4 Å². The van der Waals surface area contributed by atoms with Crippen LogP contribution in [0.5, 0.6) is 11.5 Å². The van der Waals surface area contributed by atoms with Gasteiger partial charge in [-0.05, 0) is 74.2 Å². The Kier molecular flexibility index (Phi) is 7.46. The number of fused-ring (bicyclic) bond motifs is 1. The van der Waals surface area contributed by atoms with Crippen LogP contribution in [0, 0.1) is 11.6 Å². The lowest BCUT2D eigenvalue weighted by molar-refractivity contribution is 0.130. The number of benzene rings is 2. The van der Waals surface area contributed by atoms with Gasteiger partial charge >= 0.3 is 6.03 Å². The van der Waals surface area contributed by atoms with E-state index in [-0.39, 0.29) is 23.2 Å². The van der Waals surface area contributed by atoms with E-state index in [2.05, 4.69) is 32.7 Å². The van der Waals surface area contributed by atoms with Crippen LogP contribution in [0.3, 0.4) is 0 Å². The van der Waals surface area contributed by atoms with Crippen molar-refractivity contribution in [2.75, 3.05) is 26.1 Å². The zero-order chi connectivity index (χ0) is 26.7. The SMILES string of the molecule is COc1ccc([C@@]23CC[C@@H](NC(=O)Nc4ccc(F)c(F)c4)C[C@@H]2N(Cc2ccccn2)CC3)cc1OC. The monoisotopic (exact) mass is 522 g/mol. The smallest absolute Gasteiger partial charge is 0.319 e. The lowest BCUT2D eigenvalue weighted by Crippen LogP contribution is -2.52. The minimum absolute atomic E-state index is 0.0807. The Bertz CT molecular complexity index is 1290. The number of hydrogen-bond donors (Lipinski definition) is 2. The highest BCUT2D eigenvalue weighted by Gasteiger charge is 2.51. The van der Waals surface area contributed by atoms with Crippen molar-refractivity contribution in [3.63, 3.8) is 0 Å². The molecule has 2 fully saturated rings. The normalized spacial score (nSPS) is 22.9. The molecule has 2 heterocycles. The first-order valence-electron chi connectivity index (χ1n) is 12.8. The number of pyridine rings is 1. The number of likely N-dealkylation sites (tertiary alicyclic amines) is 1. The van der Waals surface area contributed by atoms with Crippen LogP contribution in [0.4, 0.5) is 19.3 Å². The molecule has 2 N–H and O–H groups in total. The molecule has 3 atom stereocenters. The third-order valence-electron chi connectivity index (χ3n) is 7.93. The molecule has 0 spiro atoms. The zero-order valence-corrected chi connectivity index (χ0v) is 21.5. The number of halogens is 2. The van der Waals surface area contributed by atoms with E-state index in [0.29, 0.717) is 18.0 Å². The molecule has 0 bridgehead atoms. The van der Waals surface area contributed by atoms with E-state index in [9.17, 15) is 13.6 Å². The molecule has 0 radical (unpaired) electrons. The maximum atomic E-state index is 13.6. The molecular weight excluding hydrogens is 490 g/mol. The Hall–Kier alpha value is -3.72. The van der Waals surface area contributed by atoms with E-state index in [1.807, 2.05) is 24.3 Å². The Morgan fingerprint density at radius 3 is 2.63 bits per heavy atom. The summed E-state index contributed by atoms with van der Waals surface area (Å²) < 4.78 is 37.9. The maximum Gasteiger partial charge on any atom is 0.319 e. The van der Waals surface area contributed by atoms with Gasteiger partial charge < -0.3 is 20.1 Å². The first-order valence-corrected chi connectivity index (χ1v) is 12.8. The summed E-state index contributed by atoms with van der Waals surface area (Å²) in [4.78, 5) is 19.7. The minimum Gasteiger partial charge on any atom is -0.493 e. The van der Waals surface area contributed by atoms with Crippen molar-refractivity contribution < 1.29 is 23.0 Å². The van der Waals surface area contributed by atoms with Gasteiger partial charge in [0.15, 0.2) is 23.1 Å². The van der Waals surface area contributed by atoms with Gasteiger partial charge in [-0.25, -0.2) is 13.6 Å². The first kappa shape index (κ1) is 25.9. The third kappa shape index (κ3) is 5.15. The van der Waals surface area contributed by atoms with Crippen LogP contribution in [0.1, 0.15) is 36.9 Å². The molecule has 3 aromatic rings. The number of aromatic nitrogens is 1. The van der Waals surface area contributed by atoms with Crippen molar-refractivity contribution in [1.29, 1.82) is 0 Å². The molecule has 2 amide bonds. The summed E-state index contributed by atoms with van der Waals surface area (Å²) in [6.07, 6.45) is 5.19. The van der Waals surface area contributed by atoms with Crippen molar-refractivity contribution >= 4 is 11.7 Å². The fraction of sp³-hybridized carbons (Fsp3) is 0.379. The van der Waals surface area contributed by atoms with Crippen molar-refractivity contribution in [3.8, 4) is 11.5 Å². The number of ether oxygens (including phenoxy) is 2. The van der Waals surface area contributed by atoms with Gasteiger partial charge in [0.1, 0.15) is 0 Å². The second-order valence-electron chi connectivity index (χ2n) is 9.98. The summed E-state index contributed by atoms with van der Waals surface area (Å²) in [5.41, 5.74) is 2.30. The number of carbonyl (C=O) groups excluding carboxylic acids is 1. The predicted molar refractivity (Wildman–Crippen MR) is 140 cm³/mol. The topological polar surface area (TPSA) is 75.7 Å². The van der Waals surface area contributed by atoms with Crippen LogP contribution in [-0.2, 0) is 12.0 Å². The van der Waals surface area contributed by atoms with E-state index >= 15 is 0 Å². The van der Waals surface area contributed by atoms with E-state index in [0.717, 1.165) is 50.1 Å². The quantitative estimate of drug-likeness (QED) is 0.443. The number of hydrogen-bond acceptors (Lipinski definition) is 5. The first-order chi connectivity index (χ1) is 18.4. The Morgan fingerprint density at radius 2 is 1.89 bits per heavy atom. The number of nitrogens with zero attached hydrogens (tertiary/aromatic N) is 2. The highest BCUT2D eigenvalue weighted by atomic mass is 19.2. The standard InChI is InChI=1S/C29H32F2N4O3/c1-37-25-9-6-19(15-26(25)38-2)29-11-10-21(34-28(36)33-20-7-8-23(30)24(31)16-20)17-27(29)35(14-12-29)18-22-5-3-4-13-32-22/h3-9,13,15-16,21,27H,10-12,14,17-18H2,1-2H3,(H2,33,34,36)/t21-,27+,29+/m1/s1. The van der Waals surface area contributed by atoms with Gasteiger partial charge in [0.2, 0.25) is 0 Å². The van der Waals surface area contributed by atoms with Crippen LogP contribution in [-0.4, -0.2) is 48.8 Å². The molecule has 7 nitrogen and oxygen atoms in total. The molecule has 200 valence electrons. The lowest BCUT2D eigenvalue weighted by atomic mass is 9.65. The van der Waals surface area contributed by atoms with E-state index in [1.165, 1.54) is 11.6 Å². The molecule has 38 heavy (non-hydrogen) atoms. The number of nitrogens with one attached hydrogen (secondary N) is 2. The molecule has 1 aliphatic carbocycles. The summed E-state index contributed by atoms with van der Waals surface area (Å²) in [6.45, 7) is 1.62. The number of methoxy groups -OCH3 is 2. The fourth-order valence-electron chi connectivity index (χ4n) is 6.07. The summed E-state index contributed by atoms with van der Waals surface area (Å²) in [5, 5.41) is 5.68. The molecule has 2 aliphatic rings. The Balaban J connectivity index is 1.37. The Morgan fingerprint density at radius 1 is 1.05 bits per heavy atom. The second-order valence-corrected chi connectivity index (χ2v) is 9.98. The van der Waals surface area contributed by atoms with Crippen LogP contribution in [0.15, 0.2) is 60.8 Å². The van der Waals surface area contributed by atoms with E-state index < -0.39 is 17.7 Å². The maximum absolute atomic E-state index is 13.6. The number of rotatable bonds is 7. The molecule has 0 unspecified atom stereocenters. The molecule has 1 saturated carbocycles. The molecule has 2 aromatic carbocycles. The largest absolute Gasteiger partial charge is 0.493 e. The highest BCUT2D eigenvalue weighted by molar-refractivity contribution is 5.89. The number of anilines is 1. The molecule has 1 aliphatic heterocycles. The zero-order valence-electron chi connectivity index (χ0n) is 21.5. The lowest BCUT2D eigenvalue weighted by Gasteiger charge is -2.45. The van der Waals surface area contributed by atoms with Crippen LogP contribution in [0.25, 0.3) is 0 Å². The number of urea groups is 1. The van der Waals surface area contributed by atoms with Gasteiger partial charge in [0, 0.05) is 42.0 Å². The van der Waals surface area contributed by atoms with Crippen molar-refractivity contribution in [2.24, 2.45) is 0 Å². The van der Waals surface area contributed by atoms with Gasteiger partial charge in [0.25, 0.3) is 0 Å². The third-order valence-corrected chi connectivity index (χ3v) is 7.93. The minimum atomic E-state index is -1.00. The average molecular weight is 523 g/mol. The summed E-state index contributed by atoms with van der Waals surface area (Å²) in [7, 11) is 3.27. The summed E-state index contributed by atoms with van der Waals surface area (Å²) >= 11 is 0. The second kappa shape index (κ2) is 10.9. The van der Waals surface area contributed by atoms with Gasteiger partial charge in [0.05, 0.1) is 19.9 Å². The predicted octanol–water partition coefficient (Wildman–Crippen LogP) is 5.26. The highest BCUT2D eigenvalue weighted by Crippen LogP contribution is 2.50. The fourth-order valence-corrected chi connectivity index (χ4v) is 6.07. The average Bonchev–Trinajstić information content (AvgIpc) is 3.29. The van der Waals surface area contributed by atoms with Gasteiger partial charge in [-0.1, -0.05) is 12.1 Å². The van der Waals surface area contributed by atoms with Crippen molar-refractivity contribution in [2.45, 2.75) is 49.7 Å². The molecule has 1 aromatic heterocycles. The molecular formula is C29H32F2N4O3. The molecule has 9 heteroatoms. The van der Waals surface area contributed by atoms with Crippen LogP contribution < -0.4 is 20.1 Å². The van der Waals surface area contributed by atoms with Gasteiger partial charge in [-0.2, -0.15) is 0 Å². The van der Waals surface area contributed by atoms with Crippen molar-refractivity contribution in [1.82, 2.24) is 15.2 Å². The summed E-state index contributed by atoms with van der Waals surface area (Å²) in [6, 6.07) is 15.1. The van der Waals surface area contributed by atoms with Crippen LogP contribution in [0.2, 0.25) is 0 Å².